The number of amides is 5. The van der Waals surface area contributed by atoms with Crippen LogP contribution >= 0.6 is 0 Å². The Hall–Kier alpha value is -3.76. The van der Waals surface area contributed by atoms with Crippen LogP contribution in [0.3, 0.4) is 0 Å². The average molecular weight is 680 g/mol. The lowest BCUT2D eigenvalue weighted by Gasteiger charge is -2.38. The lowest BCUT2D eigenvalue weighted by molar-refractivity contribution is -0.145. The number of Topliss-reactive ketones (excluding diaryl/α,β-unsaturated/α-hetero) is 2. The molecule has 11 heteroatoms. The predicted octanol–water partition coefficient (Wildman–Crippen LogP) is 4.38. The number of nitrogens with two attached hydrogens (primary N) is 1. The summed E-state index contributed by atoms with van der Waals surface area (Å²) in [6, 6.07) is 4.95. The third kappa shape index (κ3) is 9.08. The van der Waals surface area contributed by atoms with Gasteiger partial charge < -0.3 is 26.6 Å². The number of fused-ring (bicyclic) bond motifs is 1. The van der Waals surface area contributed by atoms with Crippen LogP contribution in [0.4, 0.5) is 4.79 Å². The van der Waals surface area contributed by atoms with Gasteiger partial charge >= 0.3 is 6.03 Å². The van der Waals surface area contributed by atoms with Crippen molar-refractivity contribution in [3.63, 3.8) is 0 Å². The van der Waals surface area contributed by atoms with E-state index in [0.29, 0.717) is 24.9 Å². The van der Waals surface area contributed by atoms with Crippen LogP contribution in [0, 0.1) is 34.5 Å². The normalized spacial score (nSPS) is 24.7. The third-order valence-corrected chi connectivity index (χ3v) is 11.3. The molecule has 1 aromatic carbocycles. The van der Waals surface area contributed by atoms with Gasteiger partial charge in [-0.15, -0.1) is 0 Å². The Balaban J connectivity index is 1.49. The van der Waals surface area contributed by atoms with Gasteiger partial charge in [0.15, 0.2) is 5.78 Å². The fourth-order valence-electron chi connectivity index (χ4n) is 7.59. The van der Waals surface area contributed by atoms with Crippen molar-refractivity contribution < 1.29 is 28.8 Å². The molecule has 0 aromatic heterocycles. The van der Waals surface area contributed by atoms with Gasteiger partial charge in [0.2, 0.25) is 17.6 Å². The molecule has 11 nitrogen and oxygen atoms in total. The van der Waals surface area contributed by atoms with Crippen LogP contribution in [-0.4, -0.2) is 70.9 Å². The molecule has 0 radical (unpaired) electrons. The SMILES string of the molecule is CCC1(C)[C@@H]2C(C(=O)NC(CCCCC3CC3)C(=O)C(N)=O)N(C(=O)[C@@H](NC(=O)N[C@H](CC(=O)c3ccccc3)C(C)C)C(C)(C)C)C[C@@H]21. The van der Waals surface area contributed by atoms with E-state index < -0.39 is 59.1 Å². The largest absolute Gasteiger partial charge is 0.363 e. The number of primary amides is 1. The van der Waals surface area contributed by atoms with Gasteiger partial charge in [0.05, 0.1) is 6.04 Å². The zero-order valence-electron chi connectivity index (χ0n) is 30.3. The van der Waals surface area contributed by atoms with Crippen molar-refractivity contribution >= 4 is 35.3 Å². The van der Waals surface area contributed by atoms with Crippen LogP contribution in [0.2, 0.25) is 0 Å². The van der Waals surface area contributed by atoms with E-state index in [1.807, 2.05) is 40.7 Å². The Bertz CT molecular complexity index is 1400. The zero-order chi connectivity index (χ0) is 36.3. The summed E-state index contributed by atoms with van der Waals surface area (Å²) in [5, 5.41) is 8.62. The number of urea groups is 1. The van der Waals surface area contributed by atoms with Gasteiger partial charge in [0, 0.05) is 24.6 Å². The van der Waals surface area contributed by atoms with Crippen LogP contribution in [0.5, 0.6) is 0 Å². The monoisotopic (exact) mass is 679 g/mol. The van der Waals surface area contributed by atoms with Gasteiger partial charge in [-0.2, -0.15) is 0 Å². The second-order valence-electron chi connectivity index (χ2n) is 16.2. The fourth-order valence-corrected chi connectivity index (χ4v) is 7.59. The van der Waals surface area contributed by atoms with Crippen LogP contribution in [0.1, 0.15) is 110 Å². The van der Waals surface area contributed by atoms with E-state index in [0.717, 1.165) is 25.2 Å². The topological polar surface area (TPSA) is 168 Å². The van der Waals surface area contributed by atoms with E-state index in [2.05, 4.69) is 29.8 Å². The van der Waals surface area contributed by atoms with E-state index in [-0.39, 0.29) is 35.4 Å². The molecule has 1 saturated heterocycles. The molecule has 3 aliphatic rings. The molecule has 1 heterocycles. The molecule has 1 aliphatic heterocycles. The molecule has 5 N–H and O–H groups in total. The van der Waals surface area contributed by atoms with Gasteiger partial charge in [0.25, 0.3) is 5.91 Å². The summed E-state index contributed by atoms with van der Waals surface area (Å²) in [4.78, 5) is 81.2. The summed E-state index contributed by atoms with van der Waals surface area (Å²) in [6.45, 7) is 13.9. The summed E-state index contributed by atoms with van der Waals surface area (Å²) in [7, 11) is 0. The van der Waals surface area contributed by atoms with E-state index in [9.17, 15) is 28.8 Å². The van der Waals surface area contributed by atoms with Gasteiger partial charge in [0.1, 0.15) is 12.1 Å². The Kier molecular flexibility index (Phi) is 12.0. The second-order valence-corrected chi connectivity index (χ2v) is 16.2. The van der Waals surface area contributed by atoms with Crippen LogP contribution < -0.4 is 21.7 Å². The smallest absolute Gasteiger partial charge is 0.315 e. The number of nitrogens with zero attached hydrogens (tertiary/aromatic N) is 1. The van der Waals surface area contributed by atoms with E-state index in [1.165, 1.54) is 12.8 Å². The number of carbonyl (C=O) groups excluding carboxylic acids is 6. The average Bonchev–Trinajstić information content (AvgIpc) is 3.93. The Morgan fingerprint density at radius 2 is 1.63 bits per heavy atom. The molecule has 0 bridgehead atoms. The number of carbonyl (C=O) groups is 6. The molecule has 2 aliphatic carbocycles. The number of piperidine rings is 1. The van der Waals surface area contributed by atoms with Crippen LogP contribution in [0.15, 0.2) is 30.3 Å². The lowest BCUT2D eigenvalue weighted by Crippen LogP contribution is -2.62. The van der Waals surface area contributed by atoms with Crippen molar-refractivity contribution in [2.45, 2.75) is 124 Å². The number of hydrogen-bond donors (Lipinski definition) is 4. The van der Waals surface area contributed by atoms with Crippen LogP contribution in [-0.2, 0) is 19.2 Å². The zero-order valence-corrected chi connectivity index (χ0v) is 30.3. The molecular formula is C38H57N5O6. The molecule has 1 aromatic rings. The highest BCUT2D eigenvalue weighted by molar-refractivity contribution is 6.37. The molecule has 0 spiro atoms. The van der Waals surface area contributed by atoms with Crippen molar-refractivity contribution in [1.29, 1.82) is 0 Å². The highest BCUT2D eigenvalue weighted by atomic mass is 16.2. The Labute approximate surface area is 291 Å². The lowest BCUT2D eigenvalue weighted by atomic mass is 9.85. The van der Waals surface area contributed by atoms with Gasteiger partial charge in [-0.05, 0) is 40.9 Å². The van der Waals surface area contributed by atoms with Crippen LogP contribution in [0.25, 0.3) is 0 Å². The molecule has 49 heavy (non-hydrogen) atoms. The first kappa shape index (κ1) is 38.0. The number of rotatable bonds is 17. The minimum atomic E-state index is -1.09. The van der Waals surface area contributed by atoms with E-state index in [4.69, 9.17) is 5.73 Å². The van der Waals surface area contributed by atoms with Gasteiger partial charge in [-0.1, -0.05) is 117 Å². The Morgan fingerprint density at radius 3 is 2.18 bits per heavy atom. The predicted molar refractivity (Wildman–Crippen MR) is 187 cm³/mol. The number of unbranched alkanes of at least 4 members (excludes halogenated alkanes) is 1. The molecule has 5 amide bonds. The first-order chi connectivity index (χ1) is 23.0. The second kappa shape index (κ2) is 15.4. The first-order valence-corrected chi connectivity index (χ1v) is 18.1. The quantitative estimate of drug-likeness (QED) is 0.108. The number of benzene rings is 1. The number of likely N-dealkylation sites (tertiary alicyclic amines) is 1. The number of nitrogens with one attached hydrogen (secondary N) is 3. The molecule has 4 rings (SSSR count). The minimum Gasteiger partial charge on any atom is -0.363 e. The summed E-state index contributed by atoms with van der Waals surface area (Å²) in [5.74, 6) is -2.25. The minimum absolute atomic E-state index is 0.0579. The molecule has 2 saturated carbocycles. The van der Waals surface area contributed by atoms with Gasteiger partial charge in [-0.3, -0.25) is 24.0 Å². The summed E-state index contributed by atoms with van der Waals surface area (Å²) < 4.78 is 0. The molecular weight excluding hydrogens is 622 g/mol. The van der Waals surface area contributed by atoms with E-state index >= 15 is 0 Å². The molecule has 270 valence electrons. The summed E-state index contributed by atoms with van der Waals surface area (Å²) >= 11 is 0. The Morgan fingerprint density at radius 1 is 0.980 bits per heavy atom. The summed E-state index contributed by atoms with van der Waals surface area (Å²) in [6.07, 6.45) is 6.30. The maximum atomic E-state index is 14.4. The first-order valence-electron chi connectivity index (χ1n) is 18.1. The molecule has 3 unspecified atom stereocenters. The maximum absolute atomic E-state index is 14.4. The van der Waals surface area contributed by atoms with Gasteiger partial charge in [-0.25, -0.2) is 4.79 Å². The molecule has 3 fully saturated rings. The summed E-state index contributed by atoms with van der Waals surface area (Å²) in [5.41, 5.74) is 5.06. The van der Waals surface area contributed by atoms with Crippen molar-refractivity contribution in [2.24, 2.45) is 40.2 Å². The standard InChI is InChI=1S/C38H57N5O6/c1-8-38(7)25-21-43(30(29(25)38)34(47)40-26(31(45)33(39)46)17-13-12-14-23-18-19-23)35(48)32(37(4,5)6)42-36(49)41-27(22(2)3)20-28(44)24-15-10-9-11-16-24/h9-11,15-16,22-23,25-27,29-30,32H,8,12-14,17-21H2,1-7H3,(H2,39,46)(H,40,47)(H2,41,42,49)/t25-,26?,27+,29-,30?,32+,38?/m0/s1. The molecule has 7 atom stereocenters. The highest BCUT2D eigenvalue weighted by Gasteiger charge is 2.71. The fraction of sp³-hybridized carbons (Fsp3) is 0.684. The maximum Gasteiger partial charge on any atom is 0.315 e. The van der Waals surface area contributed by atoms with Crippen molar-refractivity contribution in [1.82, 2.24) is 20.9 Å². The van der Waals surface area contributed by atoms with E-state index in [1.54, 1.807) is 29.2 Å². The highest BCUT2D eigenvalue weighted by Crippen LogP contribution is 2.67. The van der Waals surface area contributed by atoms with Crippen molar-refractivity contribution in [3.8, 4) is 0 Å². The van der Waals surface area contributed by atoms with Crippen molar-refractivity contribution in [2.75, 3.05) is 6.54 Å². The van der Waals surface area contributed by atoms with Crippen molar-refractivity contribution in [3.05, 3.63) is 35.9 Å². The third-order valence-electron chi connectivity index (χ3n) is 11.3. The number of hydrogen-bond acceptors (Lipinski definition) is 6. The number of ketones is 2.